The van der Waals surface area contributed by atoms with E-state index in [2.05, 4.69) is 20.5 Å². The predicted molar refractivity (Wildman–Crippen MR) is 67.4 cm³/mol. The summed E-state index contributed by atoms with van der Waals surface area (Å²) in [6.07, 6.45) is 1.27. The Labute approximate surface area is 106 Å². The van der Waals surface area contributed by atoms with Crippen molar-refractivity contribution < 1.29 is 4.79 Å². The van der Waals surface area contributed by atoms with Crippen LogP contribution in [0.25, 0.3) is 0 Å². The molecule has 1 amide bonds. The Kier molecular flexibility index (Phi) is 3.99. The van der Waals surface area contributed by atoms with E-state index in [0.29, 0.717) is 12.4 Å². The van der Waals surface area contributed by atoms with Crippen LogP contribution in [0.1, 0.15) is 25.6 Å². The van der Waals surface area contributed by atoms with Crippen LogP contribution in [-0.2, 0) is 4.79 Å². The number of amides is 1. The van der Waals surface area contributed by atoms with Crippen LogP contribution in [0.15, 0.2) is 28.6 Å². The standard InChI is InChI=1S/C12H17N5O/c1-3-17(4-2)8-10(18)14-12-9-6-5-7-13-11(9)15-16-12/h5-7,12H,3-4,8H2,1-2H3,(H,14,18)/t12-/m0/s1. The summed E-state index contributed by atoms with van der Waals surface area (Å²) in [4.78, 5) is 18.0. The van der Waals surface area contributed by atoms with Crippen molar-refractivity contribution in [3.05, 3.63) is 23.9 Å². The summed E-state index contributed by atoms with van der Waals surface area (Å²) in [6, 6.07) is 3.70. The first-order chi connectivity index (χ1) is 8.74. The van der Waals surface area contributed by atoms with Gasteiger partial charge in [-0.2, -0.15) is 5.11 Å². The molecule has 0 saturated carbocycles. The van der Waals surface area contributed by atoms with Crippen molar-refractivity contribution in [3.63, 3.8) is 0 Å². The average Bonchev–Trinajstić information content (AvgIpc) is 2.79. The molecule has 2 rings (SSSR count). The first kappa shape index (κ1) is 12.6. The van der Waals surface area contributed by atoms with Gasteiger partial charge >= 0.3 is 0 Å². The van der Waals surface area contributed by atoms with E-state index < -0.39 is 6.17 Å². The van der Waals surface area contributed by atoms with E-state index >= 15 is 0 Å². The van der Waals surface area contributed by atoms with Crippen molar-refractivity contribution in [2.45, 2.75) is 20.0 Å². The molecule has 96 valence electrons. The van der Waals surface area contributed by atoms with Crippen molar-refractivity contribution in [1.82, 2.24) is 15.2 Å². The lowest BCUT2D eigenvalue weighted by Gasteiger charge is -2.18. The fourth-order valence-electron chi connectivity index (χ4n) is 1.84. The van der Waals surface area contributed by atoms with E-state index in [1.807, 2.05) is 30.9 Å². The Morgan fingerprint density at radius 2 is 2.22 bits per heavy atom. The zero-order valence-electron chi connectivity index (χ0n) is 10.6. The van der Waals surface area contributed by atoms with Crippen LogP contribution in [0, 0.1) is 0 Å². The maximum absolute atomic E-state index is 11.9. The summed E-state index contributed by atoms with van der Waals surface area (Å²) in [7, 11) is 0. The molecule has 1 aromatic heterocycles. The van der Waals surface area contributed by atoms with E-state index in [9.17, 15) is 4.79 Å². The molecule has 1 aliphatic heterocycles. The number of nitrogens with one attached hydrogen (secondary N) is 1. The third-order valence-electron chi connectivity index (χ3n) is 2.94. The molecule has 1 aromatic rings. The molecule has 0 bridgehead atoms. The fourth-order valence-corrected chi connectivity index (χ4v) is 1.84. The summed E-state index contributed by atoms with van der Waals surface area (Å²) in [5, 5.41) is 10.8. The van der Waals surface area contributed by atoms with Crippen LogP contribution in [0.2, 0.25) is 0 Å². The van der Waals surface area contributed by atoms with Gasteiger partial charge in [-0.1, -0.05) is 13.8 Å². The number of nitrogens with zero attached hydrogens (tertiary/aromatic N) is 4. The molecule has 0 radical (unpaired) electrons. The molecule has 0 unspecified atom stereocenters. The number of likely N-dealkylation sites (N-methyl/N-ethyl adjacent to an activating group) is 1. The first-order valence-electron chi connectivity index (χ1n) is 6.12. The van der Waals surface area contributed by atoms with Gasteiger partial charge < -0.3 is 5.32 Å². The molecule has 1 aliphatic rings. The van der Waals surface area contributed by atoms with Gasteiger partial charge in [0.2, 0.25) is 5.91 Å². The van der Waals surface area contributed by atoms with Gasteiger partial charge in [0.1, 0.15) is 0 Å². The monoisotopic (exact) mass is 247 g/mol. The number of azo groups is 1. The topological polar surface area (TPSA) is 70.0 Å². The molecular weight excluding hydrogens is 230 g/mol. The summed E-state index contributed by atoms with van der Waals surface area (Å²) < 4.78 is 0. The average molecular weight is 247 g/mol. The molecule has 18 heavy (non-hydrogen) atoms. The van der Waals surface area contributed by atoms with Crippen LogP contribution < -0.4 is 5.32 Å². The molecule has 6 heteroatoms. The van der Waals surface area contributed by atoms with Crippen LogP contribution in [0.5, 0.6) is 0 Å². The van der Waals surface area contributed by atoms with Crippen molar-refractivity contribution in [2.24, 2.45) is 10.2 Å². The van der Waals surface area contributed by atoms with E-state index in [1.54, 1.807) is 6.20 Å². The number of hydrogen-bond donors (Lipinski definition) is 1. The minimum Gasteiger partial charge on any atom is -0.328 e. The minimum absolute atomic E-state index is 0.0423. The molecule has 6 nitrogen and oxygen atoms in total. The van der Waals surface area contributed by atoms with Gasteiger partial charge in [-0.3, -0.25) is 9.69 Å². The van der Waals surface area contributed by atoms with Crippen LogP contribution in [0.3, 0.4) is 0 Å². The van der Waals surface area contributed by atoms with E-state index in [0.717, 1.165) is 18.7 Å². The summed E-state index contributed by atoms with van der Waals surface area (Å²) in [5.74, 6) is 0.546. The maximum atomic E-state index is 11.9. The highest BCUT2D eigenvalue weighted by Crippen LogP contribution is 2.31. The van der Waals surface area contributed by atoms with Crippen molar-refractivity contribution >= 4 is 11.7 Å². The summed E-state index contributed by atoms with van der Waals surface area (Å²) in [6.45, 7) is 6.16. The van der Waals surface area contributed by atoms with E-state index in [-0.39, 0.29) is 5.91 Å². The Bertz CT molecular complexity index is 456. The molecular formula is C12H17N5O. The second-order valence-corrected chi connectivity index (χ2v) is 4.06. The summed E-state index contributed by atoms with van der Waals surface area (Å²) >= 11 is 0. The van der Waals surface area contributed by atoms with Crippen LogP contribution in [-0.4, -0.2) is 35.4 Å². The highest BCUT2D eigenvalue weighted by atomic mass is 16.2. The number of pyridine rings is 1. The molecule has 0 saturated heterocycles. The SMILES string of the molecule is CCN(CC)CC(=O)N[C@H]1N=Nc2ncccc21. The maximum Gasteiger partial charge on any atom is 0.236 e. The van der Waals surface area contributed by atoms with E-state index in [4.69, 9.17) is 0 Å². The first-order valence-corrected chi connectivity index (χ1v) is 6.12. The molecule has 1 N–H and O–H groups in total. The zero-order valence-corrected chi connectivity index (χ0v) is 10.6. The number of rotatable bonds is 5. The van der Waals surface area contributed by atoms with Gasteiger partial charge in [0.25, 0.3) is 0 Å². The Hall–Kier alpha value is -1.82. The second-order valence-electron chi connectivity index (χ2n) is 4.06. The second kappa shape index (κ2) is 5.68. The molecule has 0 aliphatic carbocycles. The minimum atomic E-state index is -0.392. The highest BCUT2D eigenvalue weighted by Gasteiger charge is 2.23. The largest absolute Gasteiger partial charge is 0.328 e. The lowest BCUT2D eigenvalue weighted by molar-refractivity contribution is -0.122. The van der Waals surface area contributed by atoms with Gasteiger partial charge in [0.15, 0.2) is 12.0 Å². The number of carbonyl (C=O) groups excluding carboxylic acids is 1. The lowest BCUT2D eigenvalue weighted by Crippen LogP contribution is -2.38. The quantitative estimate of drug-likeness (QED) is 0.859. The normalized spacial score (nSPS) is 16.9. The lowest BCUT2D eigenvalue weighted by atomic mass is 10.2. The van der Waals surface area contributed by atoms with Crippen molar-refractivity contribution in [3.8, 4) is 0 Å². The zero-order chi connectivity index (χ0) is 13.0. The number of aromatic nitrogens is 1. The third kappa shape index (κ3) is 2.70. The molecule has 0 spiro atoms. The number of hydrogen-bond acceptors (Lipinski definition) is 5. The van der Waals surface area contributed by atoms with Crippen molar-refractivity contribution in [2.75, 3.05) is 19.6 Å². The van der Waals surface area contributed by atoms with Gasteiger partial charge in [0.05, 0.1) is 6.54 Å². The Balaban J connectivity index is 1.96. The van der Waals surface area contributed by atoms with Gasteiger partial charge in [-0.15, -0.1) is 5.11 Å². The van der Waals surface area contributed by atoms with Crippen molar-refractivity contribution in [1.29, 1.82) is 0 Å². The fraction of sp³-hybridized carbons (Fsp3) is 0.500. The number of carbonyl (C=O) groups is 1. The molecule has 1 atom stereocenters. The van der Waals surface area contributed by atoms with Gasteiger partial charge in [-0.25, -0.2) is 4.98 Å². The predicted octanol–water partition coefficient (Wildman–Crippen LogP) is 1.64. The smallest absolute Gasteiger partial charge is 0.236 e. The molecule has 0 aromatic carbocycles. The molecule has 2 heterocycles. The molecule has 0 fully saturated rings. The third-order valence-corrected chi connectivity index (χ3v) is 2.94. The van der Waals surface area contributed by atoms with E-state index in [1.165, 1.54) is 0 Å². The van der Waals surface area contributed by atoms with Crippen LogP contribution >= 0.6 is 0 Å². The Morgan fingerprint density at radius 3 is 2.94 bits per heavy atom. The Morgan fingerprint density at radius 1 is 1.44 bits per heavy atom. The number of fused-ring (bicyclic) bond motifs is 1. The highest BCUT2D eigenvalue weighted by molar-refractivity contribution is 5.78. The van der Waals surface area contributed by atoms with Gasteiger partial charge in [-0.05, 0) is 25.2 Å². The van der Waals surface area contributed by atoms with Crippen LogP contribution in [0.4, 0.5) is 5.82 Å². The summed E-state index contributed by atoms with van der Waals surface area (Å²) in [5.41, 5.74) is 0.852. The van der Waals surface area contributed by atoms with Gasteiger partial charge in [0, 0.05) is 11.8 Å².